The molecule has 4 saturated heterocycles. The van der Waals surface area contributed by atoms with Gasteiger partial charge in [-0.25, -0.2) is 0 Å². The van der Waals surface area contributed by atoms with E-state index >= 15 is 0 Å². The van der Waals surface area contributed by atoms with Crippen molar-refractivity contribution in [3.8, 4) is 5.75 Å². The van der Waals surface area contributed by atoms with Crippen LogP contribution in [0.3, 0.4) is 0 Å². The quantitative estimate of drug-likeness (QED) is 0.255. The third kappa shape index (κ3) is 6.15. The average Bonchev–Trinajstić information content (AvgIpc) is 3.38. The number of β-lactam (4-membered cyclic amide) rings is 2. The van der Waals surface area contributed by atoms with E-state index in [2.05, 4.69) is 10.6 Å². The lowest BCUT2D eigenvalue weighted by Gasteiger charge is -2.45. The Hall–Kier alpha value is -3.46. The molecule has 4 heterocycles. The number of hydrogen-bond donors (Lipinski definition) is 2. The second kappa shape index (κ2) is 12.3. The van der Waals surface area contributed by atoms with Gasteiger partial charge in [-0.1, -0.05) is 26.0 Å². The van der Waals surface area contributed by atoms with Gasteiger partial charge < -0.3 is 45.0 Å². The summed E-state index contributed by atoms with van der Waals surface area (Å²) in [6.45, 7) is 11.4. The van der Waals surface area contributed by atoms with Crippen LogP contribution in [0.2, 0.25) is 0 Å². The Labute approximate surface area is 275 Å². The van der Waals surface area contributed by atoms with Crippen molar-refractivity contribution in [3.05, 3.63) is 29.8 Å². The summed E-state index contributed by atoms with van der Waals surface area (Å²) in [5.74, 6) is -4.93. The molecule has 0 radical (unpaired) electrons. The molecule has 4 aliphatic heterocycles. The first-order valence-electron chi connectivity index (χ1n) is 15.2. The van der Waals surface area contributed by atoms with Crippen molar-refractivity contribution >= 4 is 59.1 Å². The molecule has 4 aliphatic rings. The van der Waals surface area contributed by atoms with Crippen molar-refractivity contribution in [2.45, 2.75) is 98.8 Å². The third-order valence-corrected chi connectivity index (χ3v) is 11.9. The van der Waals surface area contributed by atoms with Crippen LogP contribution in [-0.4, -0.2) is 96.4 Å². The smallest absolute Gasteiger partial charge is 0.249 e. The van der Waals surface area contributed by atoms with Crippen LogP contribution in [-0.2, 0) is 35.2 Å². The van der Waals surface area contributed by atoms with Gasteiger partial charge >= 0.3 is 0 Å². The highest BCUT2D eigenvalue weighted by Gasteiger charge is 2.63. The van der Waals surface area contributed by atoms with Gasteiger partial charge in [0.1, 0.15) is 28.6 Å². The maximum atomic E-state index is 13.7. The number of ether oxygens (including phenoxy) is 1. The fraction of sp³-hybridized carbons (Fsp3) is 0.613. The van der Waals surface area contributed by atoms with Crippen molar-refractivity contribution in [3.63, 3.8) is 0 Å². The number of nitrogens with zero attached hydrogens (tertiary/aromatic N) is 2. The predicted molar refractivity (Wildman–Crippen MR) is 165 cm³/mol. The molecule has 7 atom stereocenters. The Bertz CT molecular complexity index is 1450. The van der Waals surface area contributed by atoms with Crippen molar-refractivity contribution in [1.29, 1.82) is 0 Å². The van der Waals surface area contributed by atoms with E-state index in [1.165, 1.54) is 33.3 Å². The van der Waals surface area contributed by atoms with Crippen LogP contribution in [0.25, 0.3) is 0 Å². The summed E-state index contributed by atoms with van der Waals surface area (Å²) in [6.07, 6.45) is -0.191. The number of hydrogen-bond acceptors (Lipinski definition) is 11. The van der Waals surface area contributed by atoms with E-state index in [1.807, 2.05) is 13.8 Å². The van der Waals surface area contributed by atoms with Crippen LogP contribution in [0.4, 0.5) is 0 Å². The molecule has 13 nitrogen and oxygen atoms in total. The van der Waals surface area contributed by atoms with Crippen molar-refractivity contribution in [2.75, 3.05) is 6.61 Å². The van der Waals surface area contributed by atoms with Crippen LogP contribution >= 0.6 is 23.5 Å². The highest BCUT2D eigenvalue weighted by molar-refractivity contribution is 8.02. The second-order valence-electron chi connectivity index (χ2n) is 13.6. The molecule has 1 aromatic carbocycles. The van der Waals surface area contributed by atoms with Gasteiger partial charge in [0.25, 0.3) is 0 Å². The van der Waals surface area contributed by atoms with Crippen molar-refractivity contribution in [1.82, 2.24) is 20.4 Å². The van der Waals surface area contributed by atoms with Gasteiger partial charge in [-0.3, -0.25) is 19.2 Å². The van der Waals surface area contributed by atoms with E-state index in [-0.39, 0.29) is 12.8 Å². The summed E-state index contributed by atoms with van der Waals surface area (Å²) in [4.78, 5) is 78.9. The number of benzene rings is 1. The summed E-state index contributed by atoms with van der Waals surface area (Å²) in [7, 11) is 0. The molecule has 15 heteroatoms. The fourth-order valence-electron chi connectivity index (χ4n) is 6.51. The summed E-state index contributed by atoms with van der Waals surface area (Å²) in [5, 5.41) is 27.8. The van der Waals surface area contributed by atoms with Crippen LogP contribution < -0.4 is 25.6 Å². The SMILES string of the molecule is CC(C)COc1ccc(CC(CC(=O)NC2C(=O)N3C2SC(C)(C)C3C(=O)[O-])C(=O)NC2C(=O)N3C2SC(C)(C)C3C(=O)[O-])cc1. The van der Waals surface area contributed by atoms with Crippen LogP contribution in [0, 0.1) is 11.8 Å². The number of thioether (sulfide) groups is 2. The fourth-order valence-corrected chi connectivity index (χ4v) is 9.75. The van der Waals surface area contributed by atoms with Gasteiger partial charge in [0.2, 0.25) is 23.6 Å². The van der Waals surface area contributed by atoms with Gasteiger partial charge in [0.05, 0.1) is 36.5 Å². The zero-order chi connectivity index (χ0) is 33.9. The summed E-state index contributed by atoms with van der Waals surface area (Å²) >= 11 is 2.52. The second-order valence-corrected chi connectivity index (χ2v) is 17.2. The minimum absolute atomic E-state index is 0.127. The molecule has 0 aliphatic carbocycles. The Balaban J connectivity index is 1.29. The molecular weight excluding hydrogens is 636 g/mol. The minimum atomic E-state index is -1.37. The third-order valence-electron chi connectivity index (χ3n) is 8.73. The Morgan fingerprint density at radius 3 is 1.78 bits per heavy atom. The van der Waals surface area contributed by atoms with Gasteiger partial charge in [-0.2, -0.15) is 0 Å². The number of carboxylic acid groups (broad SMARTS) is 2. The Kier molecular flexibility index (Phi) is 9.05. The highest BCUT2D eigenvalue weighted by atomic mass is 32.2. The van der Waals surface area contributed by atoms with Gasteiger partial charge in [-0.05, 0) is 57.7 Å². The first-order chi connectivity index (χ1) is 21.4. The molecule has 0 saturated carbocycles. The minimum Gasteiger partial charge on any atom is -0.548 e. The Morgan fingerprint density at radius 1 is 0.848 bits per heavy atom. The van der Waals surface area contributed by atoms with Crippen molar-refractivity contribution < 1.29 is 43.7 Å². The van der Waals surface area contributed by atoms with Crippen LogP contribution in [0.15, 0.2) is 24.3 Å². The van der Waals surface area contributed by atoms with Crippen molar-refractivity contribution in [2.24, 2.45) is 11.8 Å². The maximum Gasteiger partial charge on any atom is 0.249 e. The lowest BCUT2D eigenvalue weighted by molar-refractivity contribution is -0.313. The number of aliphatic carboxylic acids is 2. The van der Waals surface area contributed by atoms with E-state index < -0.39 is 85.9 Å². The number of carbonyl (C=O) groups is 6. The molecular formula is C31H38N4O9S2-2. The molecule has 4 fully saturated rings. The molecule has 0 bridgehead atoms. The summed E-state index contributed by atoms with van der Waals surface area (Å²) in [6, 6.07) is 2.90. The average molecular weight is 675 g/mol. The largest absolute Gasteiger partial charge is 0.548 e. The van der Waals surface area contributed by atoms with E-state index in [0.717, 1.165) is 5.56 Å². The number of rotatable bonds is 12. The number of nitrogens with one attached hydrogen (secondary N) is 2. The first-order valence-corrected chi connectivity index (χ1v) is 16.9. The number of carbonyl (C=O) groups excluding carboxylic acids is 6. The number of carboxylic acids is 2. The molecule has 250 valence electrons. The molecule has 1 aromatic rings. The van der Waals surface area contributed by atoms with Gasteiger partial charge in [0.15, 0.2) is 0 Å². The maximum absolute atomic E-state index is 13.7. The highest BCUT2D eigenvalue weighted by Crippen LogP contribution is 2.51. The number of amides is 4. The monoisotopic (exact) mass is 674 g/mol. The first kappa shape index (κ1) is 33.9. The number of fused-ring (bicyclic) bond motifs is 2. The Morgan fingerprint density at radius 2 is 1.33 bits per heavy atom. The standard InChI is InChI=1S/C31H40N4O9S2/c1-14(2)13-44-17-9-7-15(8-10-17)11-16(23(37)33-20-25(39)35-22(29(42)43)31(5,6)46-27(20)35)12-18(36)32-19-24(38)34-21(28(40)41)30(3,4)45-26(19)34/h7-10,14,16,19-22,26-27H,11-13H2,1-6H3,(H,32,36)(H,33,37)(H,40,41)(H,42,43)/p-2. The molecule has 0 spiro atoms. The summed E-state index contributed by atoms with van der Waals surface area (Å²) in [5.41, 5.74) is 0.732. The predicted octanol–water partition coefficient (Wildman–Crippen LogP) is -1.14. The molecule has 46 heavy (non-hydrogen) atoms. The topological polar surface area (TPSA) is 188 Å². The molecule has 4 amide bonds. The zero-order valence-electron chi connectivity index (χ0n) is 26.4. The van der Waals surface area contributed by atoms with E-state index in [9.17, 15) is 39.0 Å². The molecule has 0 aromatic heterocycles. The van der Waals surface area contributed by atoms with Gasteiger partial charge in [-0.15, -0.1) is 23.5 Å². The van der Waals surface area contributed by atoms with Gasteiger partial charge in [0, 0.05) is 15.9 Å². The van der Waals surface area contributed by atoms with E-state index in [0.29, 0.717) is 18.3 Å². The van der Waals surface area contributed by atoms with E-state index in [1.54, 1.807) is 52.0 Å². The molecule has 5 rings (SSSR count). The van der Waals surface area contributed by atoms with Crippen LogP contribution in [0.1, 0.15) is 53.5 Å². The lowest BCUT2D eigenvalue weighted by Crippen LogP contribution is -2.72. The normalized spacial score (nSPS) is 29.3. The zero-order valence-corrected chi connectivity index (χ0v) is 28.1. The van der Waals surface area contributed by atoms with Crippen LogP contribution in [0.5, 0.6) is 5.75 Å². The molecule has 2 N–H and O–H groups in total. The lowest BCUT2D eigenvalue weighted by atomic mass is 9.92. The van der Waals surface area contributed by atoms with E-state index in [4.69, 9.17) is 4.74 Å². The molecule has 7 unspecified atom stereocenters. The summed E-state index contributed by atoms with van der Waals surface area (Å²) < 4.78 is 4.09.